The van der Waals surface area contributed by atoms with Crippen LogP contribution in [-0.2, 0) is 22.2 Å². The predicted octanol–water partition coefficient (Wildman–Crippen LogP) is 5.97. The van der Waals surface area contributed by atoms with Crippen molar-refractivity contribution in [2.45, 2.75) is 25.4 Å². The number of hydrogen-bond acceptors (Lipinski definition) is 7. The van der Waals surface area contributed by atoms with Gasteiger partial charge in [-0.2, -0.15) is 13.2 Å². The molecule has 2 aromatic heterocycles. The van der Waals surface area contributed by atoms with Gasteiger partial charge in [0.2, 0.25) is 5.91 Å². The summed E-state index contributed by atoms with van der Waals surface area (Å²) < 4.78 is 44.4. The van der Waals surface area contributed by atoms with Gasteiger partial charge in [0.05, 0.1) is 16.7 Å². The van der Waals surface area contributed by atoms with E-state index in [-0.39, 0.29) is 24.7 Å². The van der Waals surface area contributed by atoms with E-state index in [4.69, 9.17) is 16.6 Å². The summed E-state index contributed by atoms with van der Waals surface area (Å²) in [5.74, 6) is 0.0539. The third-order valence-electron chi connectivity index (χ3n) is 4.91. The second-order valence-electron chi connectivity index (χ2n) is 7.51. The first-order chi connectivity index (χ1) is 16.7. The molecule has 3 heterocycles. The highest BCUT2D eigenvalue weighted by Gasteiger charge is 2.32. The maximum Gasteiger partial charge on any atom is 0.416 e. The summed E-state index contributed by atoms with van der Waals surface area (Å²) in [6.45, 7) is 0.298. The Morgan fingerprint density at radius 2 is 2.09 bits per heavy atom. The van der Waals surface area contributed by atoms with Gasteiger partial charge < -0.3 is 9.73 Å². The molecule has 1 aliphatic rings. The van der Waals surface area contributed by atoms with Crippen molar-refractivity contribution in [3.8, 4) is 0 Å². The van der Waals surface area contributed by atoms with Crippen LogP contribution >= 0.6 is 35.3 Å². The van der Waals surface area contributed by atoms with E-state index in [0.717, 1.165) is 17.0 Å². The maximum absolute atomic E-state index is 12.9. The van der Waals surface area contributed by atoms with Crippen molar-refractivity contribution in [1.29, 1.82) is 0 Å². The van der Waals surface area contributed by atoms with Gasteiger partial charge in [0.1, 0.15) is 10.1 Å². The number of alkyl halides is 3. The van der Waals surface area contributed by atoms with Crippen molar-refractivity contribution in [3.63, 3.8) is 0 Å². The predicted molar refractivity (Wildman–Crippen MR) is 133 cm³/mol. The zero-order chi connectivity index (χ0) is 25.0. The Morgan fingerprint density at radius 1 is 1.26 bits per heavy atom. The van der Waals surface area contributed by atoms with Gasteiger partial charge >= 0.3 is 6.18 Å². The number of carbonyl (C=O) groups excluding carboxylic acids is 2. The molecule has 2 amide bonds. The maximum atomic E-state index is 12.9. The summed E-state index contributed by atoms with van der Waals surface area (Å²) in [4.78, 5) is 31.7. The zero-order valence-corrected chi connectivity index (χ0v) is 20.5. The summed E-state index contributed by atoms with van der Waals surface area (Å²) >= 11 is 7.67. The average molecular weight is 538 g/mol. The molecule has 0 spiro atoms. The number of nitrogens with zero attached hydrogens (tertiary/aromatic N) is 2. The zero-order valence-electron chi connectivity index (χ0n) is 18.0. The number of aromatic nitrogens is 1. The van der Waals surface area contributed by atoms with Crippen molar-refractivity contribution >= 4 is 62.7 Å². The number of carbonyl (C=O) groups is 2. The molecule has 3 aromatic rings. The first-order valence-electron chi connectivity index (χ1n) is 10.4. The van der Waals surface area contributed by atoms with E-state index in [2.05, 4.69) is 10.3 Å². The van der Waals surface area contributed by atoms with Gasteiger partial charge in [-0.15, -0.1) is 11.3 Å². The Balaban J connectivity index is 1.26. The topological polar surface area (TPSA) is 75.4 Å². The molecule has 12 heteroatoms. The van der Waals surface area contributed by atoms with E-state index in [1.807, 2.05) is 0 Å². The van der Waals surface area contributed by atoms with Crippen LogP contribution in [0.25, 0.3) is 6.08 Å². The molecule has 35 heavy (non-hydrogen) atoms. The van der Waals surface area contributed by atoms with Crippen LogP contribution in [0.15, 0.2) is 58.2 Å². The van der Waals surface area contributed by atoms with Crippen LogP contribution in [0.2, 0.25) is 0 Å². The molecule has 4 rings (SSSR count). The third-order valence-corrected chi connectivity index (χ3v) is 7.20. The van der Waals surface area contributed by atoms with Gasteiger partial charge in [0, 0.05) is 36.5 Å². The smallest absolute Gasteiger partial charge is 0.416 e. The quantitative estimate of drug-likeness (QED) is 0.282. The number of anilines is 1. The van der Waals surface area contributed by atoms with Gasteiger partial charge in [-0.3, -0.25) is 14.5 Å². The molecule has 0 aliphatic carbocycles. The molecule has 182 valence electrons. The SMILES string of the molecule is O=C(CCCN1C(=O)C(=Cc2ccco2)SC1=S)Nc1ncc(Cc2cccc(C(F)(F)F)c2)s1. The van der Waals surface area contributed by atoms with E-state index in [1.165, 1.54) is 46.5 Å². The molecular weight excluding hydrogens is 519 g/mol. The summed E-state index contributed by atoms with van der Waals surface area (Å²) in [5, 5.41) is 3.06. The second kappa shape index (κ2) is 10.8. The normalized spacial score (nSPS) is 15.3. The van der Waals surface area contributed by atoms with Crippen LogP contribution in [0.3, 0.4) is 0 Å². The number of thiocarbonyl (C=S) groups is 1. The molecule has 0 atom stereocenters. The lowest BCUT2D eigenvalue weighted by Gasteiger charge is -2.13. The number of thiazole rings is 1. The molecule has 1 aromatic carbocycles. The Hall–Kier alpha value is -2.96. The van der Waals surface area contributed by atoms with Crippen molar-refractivity contribution in [2.75, 3.05) is 11.9 Å². The second-order valence-corrected chi connectivity index (χ2v) is 10.3. The third kappa shape index (κ3) is 6.59. The number of halogens is 3. The molecule has 6 nitrogen and oxygen atoms in total. The van der Waals surface area contributed by atoms with E-state index in [9.17, 15) is 22.8 Å². The highest BCUT2D eigenvalue weighted by molar-refractivity contribution is 8.26. The van der Waals surface area contributed by atoms with E-state index in [0.29, 0.717) is 38.6 Å². The highest BCUT2D eigenvalue weighted by atomic mass is 32.2. The largest absolute Gasteiger partial charge is 0.465 e. The fraction of sp³-hybridized carbons (Fsp3) is 0.217. The fourth-order valence-corrected chi connectivity index (χ4v) is 5.43. The molecule has 1 fully saturated rings. The molecule has 1 saturated heterocycles. The lowest BCUT2D eigenvalue weighted by Crippen LogP contribution is -2.29. The minimum absolute atomic E-state index is 0.150. The van der Waals surface area contributed by atoms with Crippen molar-refractivity contribution in [2.24, 2.45) is 0 Å². The number of nitrogens with one attached hydrogen (secondary N) is 1. The number of furan rings is 1. The van der Waals surface area contributed by atoms with Crippen LogP contribution in [0, 0.1) is 0 Å². The summed E-state index contributed by atoms with van der Waals surface area (Å²) in [6, 6.07) is 8.58. The molecule has 0 saturated carbocycles. The number of benzene rings is 1. The van der Waals surface area contributed by atoms with Crippen LogP contribution in [0.5, 0.6) is 0 Å². The highest BCUT2D eigenvalue weighted by Crippen LogP contribution is 2.33. The first-order valence-corrected chi connectivity index (χ1v) is 12.4. The lowest BCUT2D eigenvalue weighted by atomic mass is 10.1. The minimum Gasteiger partial charge on any atom is -0.465 e. The summed E-state index contributed by atoms with van der Waals surface area (Å²) in [6.07, 6.45) is 1.10. The number of amides is 2. The van der Waals surface area contributed by atoms with Crippen LogP contribution in [0.1, 0.15) is 34.6 Å². The number of rotatable bonds is 8. The monoisotopic (exact) mass is 537 g/mol. The van der Waals surface area contributed by atoms with E-state index < -0.39 is 11.7 Å². The molecule has 0 unspecified atom stereocenters. The Bertz CT molecular complexity index is 1270. The number of hydrogen-bond donors (Lipinski definition) is 1. The Kier molecular flexibility index (Phi) is 7.72. The molecule has 0 bridgehead atoms. The van der Waals surface area contributed by atoms with Gasteiger partial charge in [-0.25, -0.2) is 4.98 Å². The van der Waals surface area contributed by atoms with Crippen LogP contribution < -0.4 is 5.32 Å². The standard InChI is InChI=1S/C23H18F3N3O3S3/c24-23(25,26)15-5-1-4-14(10-15)11-17-13-27-21(34-17)28-19(30)7-2-8-29-20(31)18(35-22(29)33)12-16-6-3-9-32-16/h1,3-6,9-10,12-13H,2,7-8,11H2,(H,27,28,30). The van der Waals surface area contributed by atoms with Gasteiger partial charge in [0.15, 0.2) is 5.13 Å². The molecule has 1 N–H and O–H groups in total. The van der Waals surface area contributed by atoms with Gasteiger partial charge in [-0.05, 0) is 30.2 Å². The van der Waals surface area contributed by atoms with Crippen molar-refractivity contribution in [3.05, 3.63) is 75.5 Å². The van der Waals surface area contributed by atoms with E-state index >= 15 is 0 Å². The molecule has 0 radical (unpaired) electrons. The molecular formula is C23H18F3N3O3S3. The Morgan fingerprint density at radius 3 is 2.83 bits per heavy atom. The first kappa shape index (κ1) is 25.1. The number of thioether (sulfide) groups is 1. The van der Waals surface area contributed by atoms with Gasteiger partial charge in [0.25, 0.3) is 5.91 Å². The summed E-state index contributed by atoms with van der Waals surface area (Å²) in [7, 11) is 0. The van der Waals surface area contributed by atoms with E-state index in [1.54, 1.807) is 24.3 Å². The molecule has 1 aliphatic heterocycles. The summed E-state index contributed by atoms with van der Waals surface area (Å²) in [5.41, 5.74) is -0.197. The van der Waals surface area contributed by atoms with Gasteiger partial charge in [-0.1, -0.05) is 42.2 Å². The van der Waals surface area contributed by atoms with Crippen LogP contribution in [0.4, 0.5) is 18.3 Å². The lowest BCUT2D eigenvalue weighted by molar-refractivity contribution is -0.137. The minimum atomic E-state index is -4.40. The average Bonchev–Trinajstić information content (AvgIpc) is 3.52. The fourth-order valence-electron chi connectivity index (χ4n) is 3.28. The van der Waals surface area contributed by atoms with Crippen molar-refractivity contribution in [1.82, 2.24) is 9.88 Å². The Labute approximate surface area is 212 Å². The van der Waals surface area contributed by atoms with Crippen molar-refractivity contribution < 1.29 is 27.2 Å². The van der Waals surface area contributed by atoms with Crippen LogP contribution in [-0.4, -0.2) is 32.6 Å².